The molecule has 1 aromatic carbocycles. The summed E-state index contributed by atoms with van der Waals surface area (Å²) >= 11 is 1.37. The second kappa shape index (κ2) is 5.91. The van der Waals surface area contributed by atoms with Gasteiger partial charge in [-0.3, -0.25) is 0 Å². The highest BCUT2D eigenvalue weighted by Crippen LogP contribution is 2.23. The Bertz CT molecular complexity index is 655. The summed E-state index contributed by atoms with van der Waals surface area (Å²) in [6.07, 6.45) is 0. The van der Waals surface area contributed by atoms with E-state index < -0.39 is 5.82 Å². The van der Waals surface area contributed by atoms with Crippen LogP contribution in [0.1, 0.15) is 17.0 Å². The van der Waals surface area contributed by atoms with E-state index in [1.165, 1.54) is 17.8 Å². The highest BCUT2D eigenvalue weighted by atomic mass is 32.2. The van der Waals surface area contributed by atoms with Crippen LogP contribution < -0.4 is 5.73 Å². The molecule has 0 saturated carbocycles. The van der Waals surface area contributed by atoms with Crippen LogP contribution in [0.2, 0.25) is 0 Å². The fraction of sp³-hybridized carbons (Fsp3) is 0.250. The topological polar surface area (TPSA) is 89.3 Å². The summed E-state index contributed by atoms with van der Waals surface area (Å²) in [6.45, 7) is 1.84. The number of aromatic nitrogens is 3. The Morgan fingerprint density at radius 1 is 1.50 bits per heavy atom. The van der Waals surface area contributed by atoms with Gasteiger partial charge in [-0.2, -0.15) is 0 Å². The molecule has 0 aliphatic carbocycles. The molecule has 0 spiro atoms. The predicted molar refractivity (Wildman–Crippen MR) is 74.2 cm³/mol. The highest BCUT2D eigenvalue weighted by molar-refractivity contribution is 7.98. The number of amidine groups is 1. The average Bonchev–Trinajstić information content (AvgIpc) is 2.77. The van der Waals surface area contributed by atoms with Crippen molar-refractivity contribution in [2.45, 2.75) is 17.8 Å². The zero-order valence-corrected chi connectivity index (χ0v) is 11.9. The van der Waals surface area contributed by atoms with Crippen molar-refractivity contribution in [1.29, 1.82) is 0 Å². The smallest absolute Gasteiger partial charge is 0.191 e. The van der Waals surface area contributed by atoms with E-state index >= 15 is 0 Å². The highest BCUT2D eigenvalue weighted by Gasteiger charge is 2.13. The molecule has 0 atom stereocenters. The first kappa shape index (κ1) is 14.3. The lowest BCUT2D eigenvalue weighted by Gasteiger charge is -2.07. The molecule has 0 amide bonds. The number of nitrogens with two attached hydrogens (primary N) is 1. The Kier molecular flexibility index (Phi) is 4.23. The van der Waals surface area contributed by atoms with Gasteiger partial charge in [0, 0.05) is 12.8 Å². The van der Waals surface area contributed by atoms with Crippen LogP contribution >= 0.6 is 11.8 Å². The van der Waals surface area contributed by atoms with Crippen LogP contribution in [-0.4, -0.2) is 25.8 Å². The summed E-state index contributed by atoms with van der Waals surface area (Å²) in [7, 11) is 1.85. The van der Waals surface area contributed by atoms with Gasteiger partial charge in [0.1, 0.15) is 11.6 Å². The largest absolute Gasteiger partial charge is 0.409 e. The van der Waals surface area contributed by atoms with Gasteiger partial charge in [-0.05, 0) is 18.6 Å². The first-order chi connectivity index (χ1) is 9.54. The minimum atomic E-state index is -0.491. The zero-order valence-electron chi connectivity index (χ0n) is 11.0. The Morgan fingerprint density at radius 2 is 2.25 bits per heavy atom. The van der Waals surface area contributed by atoms with E-state index in [9.17, 15) is 4.39 Å². The molecule has 0 radical (unpaired) electrons. The van der Waals surface area contributed by atoms with E-state index in [0.29, 0.717) is 16.5 Å². The third-order valence-corrected chi connectivity index (χ3v) is 3.94. The Hall–Kier alpha value is -2.09. The monoisotopic (exact) mass is 295 g/mol. The second-order valence-electron chi connectivity index (χ2n) is 4.14. The molecule has 2 aromatic rings. The lowest BCUT2D eigenvalue weighted by Crippen LogP contribution is -2.15. The lowest BCUT2D eigenvalue weighted by atomic mass is 10.1. The van der Waals surface area contributed by atoms with E-state index in [0.717, 1.165) is 5.82 Å². The summed E-state index contributed by atoms with van der Waals surface area (Å²) in [6, 6.07) is 4.78. The molecule has 0 saturated heterocycles. The van der Waals surface area contributed by atoms with Crippen LogP contribution in [0.3, 0.4) is 0 Å². The minimum absolute atomic E-state index is 0.0831. The molecule has 106 valence electrons. The van der Waals surface area contributed by atoms with E-state index in [1.54, 1.807) is 12.1 Å². The fourth-order valence-corrected chi connectivity index (χ4v) is 2.53. The first-order valence-corrected chi connectivity index (χ1v) is 6.77. The molecule has 3 N–H and O–H groups in total. The molecule has 8 heteroatoms. The second-order valence-corrected chi connectivity index (χ2v) is 5.08. The standard InChI is InChI=1S/C12H14FN5OS/c1-7-15-16-12(18(7)2)20-6-8-4-3-5-9(10(8)13)11(14)17-19/h3-5,19H,6H2,1-2H3,(H2,14,17). The van der Waals surface area contributed by atoms with Crippen LogP contribution in [0.15, 0.2) is 28.5 Å². The first-order valence-electron chi connectivity index (χ1n) is 5.78. The number of hydrogen-bond acceptors (Lipinski definition) is 5. The molecule has 0 aliphatic rings. The van der Waals surface area contributed by atoms with Gasteiger partial charge >= 0.3 is 0 Å². The van der Waals surface area contributed by atoms with Crippen molar-refractivity contribution in [3.63, 3.8) is 0 Å². The van der Waals surface area contributed by atoms with E-state index in [4.69, 9.17) is 10.9 Å². The molecule has 1 aromatic heterocycles. The van der Waals surface area contributed by atoms with Gasteiger partial charge in [0.05, 0.1) is 5.56 Å². The Balaban J connectivity index is 2.20. The minimum Gasteiger partial charge on any atom is -0.409 e. The van der Waals surface area contributed by atoms with Crippen molar-refractivity contribution in [3.05, 3.63) is 41.0 Å². The van der Waals surface area contributed by atoms with Crippen molar-refractivity contribution >= 4 is 17.6 Å². The van der Waals surface area contributed by atoms with Crippen LogP contribution in [-0.2, 0) is 12.8 Å². The molecule has 2 rings (SSSR count). The third-order valence-electron chi connectivity index (χ3n) is 2.87. The van der Waals surface area contributed by atoms with Gasteiger partial charge in [-0.25, -0.2) is 4.39 Å². The Morgan fingerprint density at radius 3 is 2.85 bits per heavy atom. The molecule has 0 bridgehead atoms. The number of nitrogens with zero attached hydrogens (tertiary/aromatic N) is 4. The normalized spacial score (nSPS) is 11.8. The maximum atomic E-state index is 14.2. The number of benzene rings is 1. The third kappa shape index (κ3) is 2.74. The van der Waals surface area contributed by atoms with Gasteiger partial charge in [0.2, 0.25) is 0 Å². The molecule has 0 aliphatic heterocycles. The van der Waals surface area contributed by atoms with Crippen LogP contribution in [0, 0.1) is 12.7 Å². The molecular formula is C12H14FN5OS. The van der Waals surface area contributed by atoms with Crippen molar-refractivity contribution in [3.8, 4) is 0 Å². The molecule has 0 fully saturated rings. The molecule has 20 heavy (non-hydrogen) atoms. The predicted octanol–water partition coefficient (Wildman–Crippen LogP) is 1.65. The van der Waals surface area contributed by atoms with Gasteiger partial charge in [-0.15, -0.1) is 10.2 Å². The van der Waals surface area contributed by atoms with Gasteiger partial charge in [-0.1, -0.05) is 29.1 Å². The lowest BCUT2D eigenvalue weighted by molar-refractivity contribution is 0.318. The fourth-order valence-electron chi connectivity index (χ4n) is 1.60. The van der Waals surface area contributed by atoms with Gasteiger partial charge in [0.25, 0.3) is 0 Å². The molecule has 6 nitrogen and oxygen atoms in total. The molecular weight excluding hydrogens is 281 g/mol. The molecule has 1 heterocycles. The van der Waals surface area contributed by atoms with Crippen LogP contribution in [0.5, 0.6) is 0 Å². The number of hydrogen-bond donors (Lipinski definition) is 2. The van der Waals surface area contributed by atoms with Gasteiger partial charge in [0.15, 0.2) is 11.0 Å². The zero-order chi connectivity index (χ0) is 14.7. The summed E-state index contributed by atoms with van der Waals surface area (Å²) in [5.74, 6) is 0.432. The van der Waals surface area contributed by atoms with Gasteiger partial charge < -0.3 is 15.5 Å². The Labute approximate surface area is 119 Å². The van der Waals surface area contributed by atoms with E-state index in [-0.39, 0.29) is 11.4 Å². The number of thioether (sulfide) groups is 1. The number of halogens is 1. The number of rotatable bonds is 4. The van der Waals surface area contributed by atoms with E-state index in [1.807, 2.05) is 18.5 Å². The maximum Gasteiger partial charge on any atom is 0.191 e. The average molecular weight is 295 g/mol. The molecule has 0 unspecified atom stereocenters. The van der Waals surface area contributed by atoms with Crippen molar-refractivity contribution in [2.75, 3.05) is 0 Å². The number of oxime groups is 1. The summed E-state index contributed by atoms with van der Waals surface area (Å²) in [4.78, 5) is 0. The van der Waals surface area contributed by atoms with E-state index in [2.05, 4.69) is 15.4 Å². The quantitative estimate of drug-likeness (QED) is 0.294. The van der Waals surface area contributed by atoms with Crippen LogP contribution in [0.4, 0.5) is 4.39 Å². The summed E-state index contributed by atoms with van der Waals surface area (Å²) < 4.78 is 16.0. The number of aryl methyl sites for hydroxylation is 1. The van der Waals surface area contributed by atoms with Crippen molar-refractivity contribution in [2.24, 2.45) is 17.9 Å². The van der Waals surface area contributed by atoms with Crippen molar-refractivity contribution in [1.82, 2.24) is 14.8 Å². The van der Waals surface area contributed by atoms with Crippen molar-refractivity contribution < 1.29 is 9.60 Å². The summed E-state index contributed by atoms with van der Waals surface area (Å²) in [5, 5.41) is 20.1. The van der Waals surface area contributed by atoms with Crippen LogP contribution in [0.25, 0.3) is 0 Å². The maximum absolute atomic E-state index is 14.2. The SMILES string of the molecule is Cc1nnc(SCc2cccc(/C(N)=N/O)c2F)n1C. The summed E-state index contributed by atoms with van der Waals surface area (Å²) in [5.41, 5.74) is 5.97.